The Balaban J connectivity index is 1.72. The van der Waals surface area contributed by atoms with Crippen molar-refractivity contribution in [3.05, 3.63) is 47.5 Å². The molecule has 0 spiro atoms. The van der Waals surface area contributed by atoms with Crippen LogP contribution in [0.4, 0.5) is 0 Å². The van der Waals surface area contributed by atoms with E-state index < -0.39 is 11.8 Å². The number of carboxylic acids is 1. The molecule has 1 N–H and O–H groups in total. The van der Waals surface area contributed by atoms with Crippen molar-refractivity contribution >= 4 is 5.97 Å². The summed E-state index contributed by atoms with van der Waals surface area (Å²) in [7, 11) is 0. The van der Waals surface area contributed by atoms with E-state index in [0.29, 0.717) is 29.4 Å². The molecule has 6 heteroatoms. The van der Waals surface area contributed by atoms with E-state index in [1.807, 2.05) is 58.9 Å². The highest BCUT2D eigenvalue weighted by Crippen LogP contribution is 2.46. The first-order chi connectivity index (χ1) is 14.5. The van der Waals surface area contributed by atoms with Crippen LogP contribution in [0.25, 0.3) is 0 Å². The average Bonchev–Trinajstić information content (AvgIpc) is 3.16. The Bertz CT molecular complexity index is 938. The number of hydrogen-bond donors (Lipinski definition) is 1. The smallest absolute Gasteiger partial charge is 0.390 e. The quantitative estimate of drug-likeness (QED) is 0.617. The van der Waals surface area contributed by atoms with E-state index in [-0.39, 0.29) is 17.6 Å². The van der Waals surface area contributed by atoms with Crippen molar-refractivity contribution in [2.75, 3.05) is 0 Å². The number of carboxylic acid groups (broad SMARTS) is 1. The number of hydrogen-bond acceptors (Lipinski definition) is 5. The molecule has 2 aliphatic rings. The van der Waals surface area contributed by atoms with Crippen molar-refractivity contribution in [2.45, 2.75) is 77.3 Å². The Morgan fingerprint density at radius 2 is 1.39 bits per heavy atom. The topological polar surface area (TPSA) is 74.2 Å². The van der Waals surface area contributed by atoms with Crippen LogP contribution in [0.1, 0.15) is 58.6 Å². The molecule has 0 saturated heterocycles. The molecular formula is C25H30O6. The minimum absolute atomic E-state index is 0.155. The van der Waals surface area contributed by atoms with Crippen molar-refractivity contribution in [1.29, 1.82) is 0 Å². The van der Waals surface area contributed by atoms with Gasteiger partial charge in [0.2, 0.25) is 0 Å². The van der Waals surface area contributed by atoms with E-state index in [2.05, 4.69) is 0 Å². The lowest BCUT2D eigenvalue weighted by Crippen LogP contribution is -2.50. The molecule has 0 radical (unpaired) electrons. The summed E-state index contributed by atoms with van der Waals surface area (Å²) in [5.41, 5.74) is 1.23. The van der Waals surface area contributed by atoms with Gasteiger partial charge in [-0.2, -0.15) is 0 Å². The summed E-state index contributed by atoms with van der Waals surface area (Å²) in [4.78, 5) is 12.5. The third-order valence-corrected chi connectivity index (χ3v) is 5.56. The summed E-state index contributed by atoms with van der Waals surface area (Å²) in [5, 5.41) is 10.2. The first kappa shape index (κ1) is 21.3. The van der Waals surface area contributed by atoms with Crippen LogP contribution >= 0.6 is 0 Å². The van der Waals surface area contributed by atoms with Gasteiger partial charge < -0.3 is 24.1 Å². The maximum absolute atomic E-state index is 12.5. The van der Waals surface area contributed by atoms with Gasteiger partial charge in [0.1, 0.15) is 11.2 Å². The highest BCUT2D eigenvalue weighted by atomic mass is 16.7. The second-order valence-electron chi connectivity index (χ2n) is 9.58. The van der Waals surface area contributed by atoms with Crippen molar-refractivity contribution in [3.8, 4) is 23.0 Å². The Labute approximate surface area is 183 Å². The van der Waals surface area contributed by atoms with E-state index in [9.17, 15) is 9.90 Å². The Morgan fingerprint density at radius 1 is 0.935 bits per heavy atom. The molecule has 2 heterocycles. The van der Waals surface area contributed by atoms with Gasteiger partial charge in [0.05, 0.1) is 0 Å². The number of fused-ring (bicyclic) bond motifs is 2. The molecule has 0 aliphatic carbocycles. The molecular weight excluding hydrogens is 396 g/mol. The van der Waals surface area contributed by atoms with E-state index in [0.717, 1.165) is 24.0 Å². The van der Waals surface area contributed by atoms with Gasteiger partial charge in [-0.3, -0.25) is 0 Å². The zero-order valence-electron chi connectivity index (χ0n) is 18.8. The molecule has 2 aromatic carbocycles. The fraction of sp³-hybridized carbons (Fsp3) is 0.480. The predicted molar refractivity (Wildman–Crippen MR) is 116 cm³/mol. The molecule has 0 aromatic heterocycles. The standard InChI is InChI=1S/C25H30O6/c1-6-13-25(22(26)27,28-18-11-7-9-16-14-23(2,3)30-20(16)18)29-19-12-8-10-17-15-24(4,5)31-21(17)19/h7-12H,6,13-15H2,1-5H3,(H,26,27). The minimum atomic E-state index is -1.91. The highest BCUT2D eigenvalue weighted by Gasteiger charge is 2.46. The van der Waals surface area contributed by atoms with Gasteiger partial charge in [0.15, 0.2) is 23.0 Å². The van der Waals surface area contributed by atoms with Crippen molar-refractivity contribution < 1.29 is 28.8 Å². The lowest BCUT2D eigenvalue weighted by Gasteiger charge is -2.32. The molecule has 0 unspecified atom stereocenters. The zero-order chi connectivity index (χ0) is 22.4. The minimum Gasteiger partial charge on any atom is -0.483 e. The Hall–Kier alpha value is -2.89. The van der Waals surface area contributed by atoms with Crippen LogP contribution in [0.5, 0.6) is 23.0 Å². The van der Waals surface area contributed by atoms with Crippen LogP contribution < -0.4 is 18.9 Å². The summed E-state index contributed by atoms with van der Waals surface area (Å²) in [6.07, 6.45) is 2.16. The molecule has 0 amide bonds. The largest absolute Gasteiger partial charge is 0.483 e. The van der Waals surface area contributed by atoms with Crippen LogP contribution in [0, 0.1) is 0 Å². The maximum atomic E-state index is 12.5. The number of aliphatic carboxylic acids is 1. The first-order valence-electron chi connectivity index (χ1n) is 10.8. The second-order valence-corrected chi connectivity index (χ2v) is 9.58. The normalized spacial score (nSPS) is 17.8. The Morgan fingerprint density at radius 3 is 1.77 bits per heavy atom. The fourth-order valence-corrected chi connectivity index (χ4v) is 4.34. The SMILES string of the molecule is CCCC(Oc1cccc2c1OC(C)(C)C2)(Oc1cccc2c1OC(C)(C)C2)C(=O)O. The van der Waals surface area contributed by atoms with Crippen LogP contribution in [-0.2, 0) is 17.6 Å². The molecule has 0 atom stereocenters. The molecule has 0 fully saturated rings. The summed E-state index contributed by atoms with van der Waals surface area (Å²) in [5.74, 6) is -1.22. The third-order valence-electron chi connectivity index (χ3n) is 5.56. The van der Waals surface area contributed by atoms with Crippen molar-refractivity contribution in [2.24, 2.45) is 0 Å². The van der Waals surface area contributed by atoms with Gasteiger partial charge >= 0.3 is 11.8 Å². The molecule has 166 valence electrons. The summed E-state index contributed by atoms with van der Waals surface area (Å²) >= 11 is 0. The molecule has 6 nitrogen and oxygen atoms in total. The lowest BCUT2D eigenvalue weighted by molar-refractivity contribution is -0.188. The average molecular weight is 427 g/mol. The highest BCUT2D eigenvalue weighted by molar-refractivity contribution is 5.77. The van der Waals surface area contributed by atoms with Gasteiger partial charge in [0.25, 0.3) is 0 Å². The number of ether oxygens (including phenoxy) is 4. The van der Waals surface area contributed by atoms with Gasteiger partial charge in [0, 0.05) is 30.4 Å². The molecule has 0 bridgehead atoms. The van der Waals surface area contributed by atoms with Crippen LogP contribution in [0.2, 0.25) is 0 Å². The monoisotopic (exact) mass is 426 g/mol. The number of carbonyl (C=O) groups is 1. The summed E-state index contributed by atoms with van der Waals surface area (Å²) in [6, 6.07) is 11.1. The first-order valence-corrected chi connectivity index (χ1v) is 10.8. The van der Waals surface area contributed by atoms with Crippen molar-refractivity contribution in [1.82, 2.24) is 0 Å². The van der Waals surface area contributed by atoms with Gasteiger partial charge in [-0.25, -0.2) is 4.79 Å². The molecule has 4 rings (SSSR count). The van der Waals surface area contributed by atoms with Gasteiger partial charge in [-0.05, 0) is 46.2 Å². The van der Waals surface area contributed by atoms with E-state index in [1.165, 1.54) is 0 Å². The maximum Gasteiger partial charge on any atom is 0.390 e. The molecule has 2 aromatic rings. The van der Waals surface area contributed by atoms with E-state index >= 15 is 0 Å². The van der Waals surface area contributed by atoms with Crippen LogP contribution in [0.15, 0.2) is 36.4 Å². The van der Waals surface area contributed by atoms with Crippen LogP contribution in [-0.4, -0.2) is 28.1 Å². The Kier molecular flexibility index (Phi) is 5.07. The summed E-state index contributed by atoms with van der Waals surface area (Å²) < 4.78 is 24.5. The number of benzene rings is 2. The fourth-order valence-electron chi connectivity index (χ4n) is 4.34. The number of para-hydroxylation sites is 2. The van der Waals surface area contributed by atoms with Crippen LogP contribution in [0.3, 0.4) is 0 Å². The molecule has 31 heavy (non-hydrogen) atoms. The third kappa shape index (κ3) is 4.03. The van der Waals surface area contributed by atoms with E-state index in [4.69, 9.17) is 18.9 Å². The van der Waals surface area contributed by atoms with Crippen molar-refractivity contribution in [3.63, 3.8) is 0 Å². The molecule has 2 aliphatic heterocycles. The van der Waals surface area contributed by atoms with E-state index in [1.54, 1.807) is 12.1 Å². The lowest BCUT2D eigenvalue weighted by atomic mass is 10.0. The van der Waals surface area contributed by atoms with Gasteiger partial charge in [-0.1, -0.05) is 31.2 Å². The number of rotatable bonds is 7. The zero-order valence-corrected chi connectivity index (χ0v) is 18.8. The second kappa shape index (κ2) is 7.36. The van der Waals surface area contributed by atoms with Gasteiger partial charge in [-0.15, -0.1) is 0 Å². The predicted octanol–water partition coefficient (Wildman–Crippen LogP) is 5.15. The molecule has 0 saturated carbocycles. The summed E-state index contributed by atoms with van der Waals surface area (Å²) in [6.45, 7) is 9.88.